The fourth-order valence-corrected chi connectivity index (χ4v) is 4.63. The number of phenolic OH excluding ortho intramolecular Hbond substituents is 2. The molecule has 16 heteroatoms. The number of carbonyl (C=O) groups excluding carboxylic acids is 6. The van der Waals surface area contributed by atoms with Crippen LogP contribution in [0.2, 0.25) is 0 Å². The molecule has 0 aliphatic rings. The number of esters is 4. The summed E-state index contributed by atoms with van der Waals surface area (Å²) in [5.74, 6) is -5.40. The van der Waals surface area contributed by atoms with Crippen molar-refractivity contribution in [1.82, 2.24) is 10.6 Å². The molecular weight excluding hydrogens is 732 g/mol. The third kappa shape index (κ3) is 18.2. The van der Waals surface area contributed by atoms with E-state index in [4.69, 9.17) is 28.4 Å². The largest absolute Gasteiger partial charge is 0.508 e. The number of ether oxygens (including phenoxy) is 6. The molecule has 0 bridgehead atoms. The van der Waals surface area contributed by atoms with Crippen molar-refractivity contribution in [2.75, 3.05) is 13.2 Å². The molecule has 2 aromatic carbocycles. The van der Waals surface area contributed by atoms with Crippen molar-refractivity contribution in [3.8, 4) is 23.0 Å². The average Bonchev–Trinajstić information content (AvgIpc) is 2.98. The van der Waals surface area contributed by atoms with E-state index in [1.54, 1.807) is 83.1 Å². The summed E-state index contributed by atoms with van der Waals surface area (Å²) in [6, 6.07) is 4.53. The van der Waals surface area contributed by atoms with Crippen LogP contribution in [0.15, 0.2) is 36.4 Å². The molecule has 0 heterocycles. The van der Waals surface area contributed by atoms with Crippen molar-refractivity contribution in [3.63, 3.8) is 0 Å². The Morgan fingerprint density at radius 1 is 0.500 bits per heavy atom. The van der Waals surface area contributed by atoms with Crippen molar-refractivity contribution in [3.05, 3.63) is 47.5 Å². The molecule has 56 heavy (non-hydrogen) atoms. The first kappa shape index (κ1) is 46.6. The molecule has 16 nitrogen and oxygen atoms in total. The molecule has 2 atom stereocenters. The van der Waals surface area contributed by atoms with E-state index in [-0.39, 0.29) is 47.3 Å². The van der Waals surface area contributed by atoms with Crippen LogP contribution in [0.4, 0.5) is 0 Å². The van der Waals surface area contributed by atoms with Crippen molar-refractivity contribution >= 4 is 35.7 Å². The molecule has 0 aromatic heterocycles. The molecule has 2 amide bonds. The maximum atomic E-state index is 13.2. The van der Waals surface area contributed by atoms with Gasteiger partial charge in [-0.1, -0.05) is 0 Å². The minimum Gasteiger partial charge on any atom is -0.508 e. The van der Waals surface area contributed by atoms with E-state index >= 15 is 0 Å². The van der Waals surface area contributed by atoms with Gasteiger partial charge in [0.15, 0.2) is 0 Å². The third-order valence-electron chi connectivity index (χ3n) is 6.50. The van der Waals surface area contributed by atoms with Crippen LogP contribution in [-0.2, 0) is 38.1 Å². The maximum Gasteiger partial charge on any atom is 0.329 e. The molecule has 310 valence electrons. The monoisotopic (exact) mass is 788 g/mol. The average molecular weight is 789 g/mol. The molecule has 0 fully saturated rings. The lowest BCUT2D eigenvalue weighted by molar-refractivity contribution is -0.164. The second kappa shape index (κ2) is 18.9. The molecule has 0 spiro atoms. The molecule has 0 aliphatic heterocycles. The van der Waals surface area contributed by atoms with E-state index in [0.717, 1.165) is 12.1 Å². The molecule has 0 saturated carbocycles. The van der Waals surface area contributed by atoms with Gasteiger partial charge in [0.25, 0.3) is 11.8 Å². The summed E-state index contributed by atoms with van der Waals surface area (Å²) in [6.45, 7) is 19.5. The van der Waals surface area contributed by atoms with Crippen LogP contribution in [0.3, 0.4) is 0 Å². The van der Waals surface area contributed by atoms with Crippen molar-refractivity contribution < 1.29 is 67.4 Å². The van der Waals surface area contributed by atoms with Gasteiger partial charge in [-0.2, -0.15) is 0 Å². The molecular formula is C40H56N2O14. The number of hydrogen-bond donors (Lipinski definition) is 4. The quantitative estimate of drug-likeness (QED) is 0.107. The SMILES string of the molecule is CC(C)(C)OC(=O)C[C@@H](NC(=O)c1cc(O)cc(OCCOc2cc(O)cc(C(=O)N[C@H](CC(=O)OC(C)(C)C)C(=O)OC(C)(C)C)c2)c1)C(=O)OC(C)(C)C. The fourth-order valence-electron chi connectivity index (χ4n) is 4.63. The minimum absolute atomic E-state index is 0.0499. The van der Waals surface area contributed by atoms with Crippen LogP contribution in [0.5, 0.6) is 23.0 Å². The Labute approximate surface area is 327 Å². The summed E-state index contributed by atoms with van der Waals surface area (Å²) in [7, 11) is 0. The fraction of sp³-hybridized carbons (Fsp3) is 0.550. The molecule has 2 aromatic rings. The zero-order chi connectivity index (χ0) is 42.8. The number of amides is 2. The van der Waals surface area contributed by atoms with Gasteiger partial charge in [-0.3, -0.25) is 19.2 Å². The number of hydrogen-bond acceptors (Lipinski definition) is 14. The second-order valence-electron chi connectivity index (χ2n) is 16.8. The van der Waals surface area contributed by atoms with Crippen LogP contribution in [0.1, 0.15) is 117 Å². The van der Waals surface area contributed by atoms with Gasteiger partial charge in [0.05, 0.1) is 12.8 Å². The Morgan fingerprint density at radius 3 is 1.09 bits per heavy atom. The molecule has 2 rings (SSSR count). The maximum absolute atomic E-state index is 13.2. The summed E-state index contributed by atoms with van der Waals surface area (Å²) in [5.41, 5.74) is -3.70. The summed E-state index contributed by atoms with van der Waals surface area (Å²) in [5, 5.41) is 25.6. The number of carbonyl (C=O) groups is 6. The Kier molecular flexibility index (Phi) is 15.7. The Hall–Kier alpha value is -5.54. The van der Waals surface area contributed by atoms with E-state index in [0.29, 0.717) is 0 Å². The number of aromatic hydroxyl groups is 2. The topological polar surface area (TPSA) is 222 Å². The number of benzene rings is 2. The predicted molar refractivity (Wildman–Crippen MR) is 202 cm³/mol. The first-order valence-corrected chi connectivity index (χ1v) is 17.9. The van der Waals surface area contributed by atoms with Crippen LogP contribution in [0.25, 0.3) is 0 Å². The van der Waals surface area contributed by atoms with E-state index in [1.807, 2.05) is 0 Å². The number of rotatable bonds is 15. The van der Waals surface area contributed by atoms with E-state index < -0.39 is 83.0 Å². The van der Waals surface area contributed by atoms with Gasteiger partial charge in [0.2, 0.25) is 0 Å². The number of nitrogens with one attached hydrogen (secondary N) is 2. The van der Waals surface area contributed by atoms with Gasteiger partial charge >= 0.3 is 23.9 Å². The normalized spacial score (nSPS) is 13.0. The highest BCUT2D eigenvalue weighted by Crippen LogP contribution is 2.25. The lowest BCUT2D eigenvalue weighted by Crippen LogP contribution is -2.46. The predicted octanol–water partition coefficient (Wildman–Crippen LogP) is 4.90. The first-order chi connectivity index (χ1) is 25.5. The van der Waals surface area contributed by atoms with Crippen molar-refractivity contribution in [2.24, 2.45) is 0 Å². The standard InChI is InChI=1S/C40H56N2O14/c1-37(2,3)53-31(45)21-29(35(49)55-39(7,8)9)41-33(47)23-15-25(43)19-27(17-23)51-13-14-52-28-18-24(16-26(44)20-28)34(48)42-30(36(50)56-40(10,11)12)22-32(46)54-38(4,5)6/h15-20,29-30,43-44H,13-14,21-22H2,1-12H3,(H,41,47)(H,42,48)/t29-,30-/m1/s1. The molecule has 0 saturated heterocycles. The second-order valence-corrected chi connectivity index (χ2v) is 16.8. The Balaban J connectivity index is 2.14. The van der Waals surface area contributed by atoms with Gasteiger partial charge in [-0.15, -0.1) is 0 Å². The molecule has 4 N–H and O–H groups in total. The smallest absolute Gasteiger partial charge is 0.329 e. The van der Waals surface area contributed by atoms with Gasteiger partial charge < -0.3 is 49.3 Å². The summed E-state index contributed by atoms with van der Waals surface area (Å²) in [6.07, 6.45) is -1.02. The van der Waals surface area contributed by atoms with Gasteiger partial charge in [-0.05, 0) is 107 Å². The highest BCUT2D eigenvalue weighted by Gasteiger charge is 2.33. The number of phenols is 2. The highest BCUT2D eigenvalue weighted by atomic mass is 16.6. The Morgan fingerprint density at radius 2 is 0.804 bits per heavy atom. The molecule has 0 aliphatic carbocycles. The van der Waals surface area contributed by atoms with Gasteiger partial charge in [-0.25, -0.2) is 9.59 Å². The minimum atomic E-state index is -1.40. The van der Waals surface area contributed by atoms with Crippen molar-refractivity contribution in [1.29, 1.82) is 0 Å². The Bertz CT molecular complexity index is 1620. The van der Waals surface area contributed by atoms with Crippen LogP contribution >= 0.6 is 0 Å². The summed E-state index contributed by atoms with van der Waals surface area (Å²) in [4.78, 5) is 77.4. The summed E-state index contributed by atoms with van der Waals surface area (Å²) >= 11 is 0. The highest BCUT2D eigenvalue weighted by molar-refractivity contribution is 5.99. The van der Waals surface area contributed by atoms with Crippen LogP contribution in [-0.4, -0.2) is 93.6 Å². The van der Waals surface area contributed by atoms with E-state index in [2.05, 4.69) is 10.6 Å². The molecule has 0 unspecified atom stereocenters. The zero-order valence-electron chi connectivity index (χ0n) is 34.2. The third-order valence-corrected chi connectivity index (χ3v) is 6.50. The molecule has 0 radical (unpaired) electrons. The van der Waals surface area contributed by atoms with Gasteiger partial charge in [0.1, 0.15) is 70.7 Å². The lowest BCUT2D eigenvalue weighted by Gasteiger charge is -2.25. The van der Waals surface area contributed by atoms with Crippen LogP contribution < -0.4 is 20.1 Å². The van der Waals surface area contributed by atoms with Crippen molar-refractivity contribution in [2.45, 2.75) is 130 Å². The summed E-state index contributed by atoms with van der Waals surface area (Å²) < 4.78 is 32.7. The van der Waals surface area contributed by atoms with E-state index in [9.17, 15) is 39.0 Å². The lowest BCUT2D eigenvalue weighted by atomic mass is 10.1. The van der Waals surface area contributed by atoms with E-state index in [1.165, 1.54) is 24.3 Å². The zero-order valence-corrected chi connectivity index (χ0v) is 34.2. The van der Waals surface area contributed by atoms with Gasteiger partial charge in [0, 0.05) is 23.3 Å². The first-order valence-electron chi connectivity index (χ1n) is 17.9. The van der Waals surface area contributed by atoms with Crippen LogP contribution in [0, 0.1) is 0 Å².